The van der Waals surface area contributed by atoms with E-state index in [9.17, 15) is 0 Å². The molecule has 146 valence electrons. The molecule has 0 aliphatic heterocycles. The van der Waals surface area contributed by atoms with E-state index in [1.807, 2.05) is 18.2 Å². The number of nitrogens with one attached hydrogen (secondary N) is 2. The third kappa shape index (κ3) is 6.94. The third-order valence-electron chi connectivity index (χ3n) is 4.60. The summed E-state index contributed by atoms with van der Waals surface area (Å²) >= 11 is 0. The molecule has 5 nitrogen and oxygen atoms in total. The Kier molecular flexibility index (Phi) is 8.65. The highest BCUT2D eigenvalue weighted by Crippen LogP contribution is 2.12. The first-order valence-corrected chi connectivity index (χ1v) is 9.56. The standard InChI is InChI=1S/C22H32N4O/c1-5-26(6-2)17-19-12-10-18(11-13-19)15-24-22(23-3)25-16-20-8-7-9-21(14-20)27-4/h7-14H,5-6,15-17H2,1-4H3,(H2,23,24,25). The van der Waals surface area contributed by atoms with Crippen LogP contribution in [0.3, 0.4) is 0 Å². The van der Waals surface area contributed by atoms with Crippen LogP contribution in [0.4, 0.5) is 0 Å². The molecule has 0 radical (unpaired) electrons. The highest BCUT2D eigenvalue weighted by Gasteiger charge is 2.03. The summed E-state index contributed by atoms with van der Waals surface area (Å²) in [6, 6.07) is 16.8. The largest absolute Gasteiger partial charge is 0.497 e. The molecule has 0 unspecified atom stereocenters. The van der Waals surface area contributed by atoms with Gasteiger partial charge in [-0.1, -0.05) is 50.2 Å². The van der Waals surface area contributed by atoms with Gasteiger partial charge in [0.1, 0.15) is 5.75 Å². The zero-order valence-corrected chi connectivity index (χ0v) is 17.0. The van der Waals surface area contributed by atoms with Crippen molar-refractivity contribution < 1.29 is 4.74 Å². The summed E-state index contributed by atoms with van der Waals surface area (Å²) in [5.41, 5.74) is 3.74. The summed E-state index contributed by atoms with van der Waals surface area (Å²) < 4.78 is 5.26. The van der Waals surface area contributed by atoms with Crippen molar-refractivity contribution in [3.8, 4) is 5.75 Å². The van der Waals surface area contributed by atoms with Crippen molar-refractivity contribution in [2.75, 3.05) is 27.2 Å². The zero-order valence-electron chi connectivity index (χ0n) is 17.0. The molecule has 0 atom stereocenters. The highest BCUT2D eigenvalue weighted by molar-refractivity contribution is 5.79. The Balaban J connectivity index is 1.83. The van der Waals surface area contributed by atoms with Crippen LogP contribution >= 0.6 is 0 Å². The fraction of sp³-hybridized carbons (Fsp3) is 0.409. The first kappa shape index (κ1) is 20.8. The van der Waals surface area contributed by atoms with Crippen LogP contribution in [0.15, 0.2) is 53.5 Å². The van der Waals surface area contributed by atoms with E-state index in [0.717, 1.165) is 43.5 Å². The number of hydrogen-bond acceptors (Lipinski definition) is 3. The number of ether oxygens (including phenoxy) is 1. The van der Waals surface area contributed by atoms with Crippen molar-refractivity contribution in [2.45, 2.75) is 33.5 Å². The molecule has 2 aromatic carbocycles. The van der Waals surface area contributed by atoms with Gasteiger partial charge in [0.2, 0.25) is 0 Å². The minimum Gasteiger partial charge on any atom is -0.497 e. The molecular formula is C22H32N4O. The van der Waals surface area contributed by atoms with Gasteiger partial charge in [0.05, 0.1) is 7.11 Å². The fourth-order valence-electron chi connectivity index (χ4n) is 2.84. The lowest BCUT2D eigenvalue weighted by Gasteiger charge is -2.18. The Morgan fingerprint density at radius 1 is 0.926 bits per heavy atom. The number of rotatable bonds is 9. The van der Waals surface area contributed by atoms with Gasteiger partial charge in [0.25, 0.3) is 0 Å². The Morgan fingerprint density at radius 3 is 2.15 bits per heavy atom. The highest BCUT2D eigenvalue weighted by atomic mass is 16.5. The van der Waals surface area contributed by atoms with Gasteiger partial charge < -0.3 is 15.4 Å². The molecule has 0 amide bonds. The van der Waals surface area contributed by atoms with Gasteiger partial charge in [-0.25, -0.2) is 0 Å². The van der Waals surface area contributed by atoms with E-state index in [1.165, 1.54) is 11.1 Å². The maximum absolute atomic E-state index is 5.26. The molecule has 0 spiro atoms. The van der Waals surface area contributed by atoms with Gasteiger partial charge in [-0.2, -0.15) is 0 Å². The van der Waals surface area contributed by atoms with Crippen LogP contribution in [-0.4, -0.2) is 38.1 Å². The molecule has 2 N–H and O–H groups in total. The van der Waals surface area contributed by atoms with Crippen LogP contribution in [0.1, 0.15) is 30.5 Å². The molecular weight excluding hydrogens is 336 g/mol. The van der Waals surface area contributed by atoms with Crippen molar-refractivity contribution in [1.29, 1.82) is 0 Å². The van der Waals surface area contributed by atoms with E-state index in [0.29, 0.717) is 6.54 Å². The first-order chi connectivity index (χ1) is 13.2. The lowest BCUT2D eigenvalue weighted by atomic mass is 10.1. The second kappa shape index (κ2) is 11.2. The average Bonchev–Trinajstić information content (AvgIpc) is 2.73. The molecule has 0 aromatic heterocycles. The number of hydrogen-bond donors (Lipinski definition) is 2. The lowest BCUT2D eigenvalue weighted by molar-refractivity contribution is 0.296. The summed E-state index contributed by atoms with van der Waals surface area (Å²) in [5, 5.41) is 6.70. The second-order valence-electron chi connectivity index (χ2n) is 6.41. The van der Waals surface area contributed by atoms with Crippen LogP contribution in [0, 0.1) is 0 Å². The van der Waals surface area contributed by atoms with Crippen molar-refractivity contribution in [1.82, 2.24) is 15.5 Å². The number of nitrogens with zero attached hydrogens (tertiary/aromatic N) is 2. The molecule has 27 heavy (non-hydrogen) atoms. The summed E-state index contributed by atoms with van der Waals surface area (Å²) in [5.74, 6) is 1.65. The van der Waals surface area contributed by atoms with E-state index in [2.05, 4.69) is 64.7 Å². The van der Waals surface area contributed by atoms with Gasteiger partial charge >= 0.3 is 0 Å². The van der Waals surface area contributed by atoms with Gasteiger partial charge in [0.15, 0.2) is 5.96 Å². The van der Waals surface area contributed by atoms with E-state index >= 15 is 0 Å². The zero-order chi connectivity index (χ0) is 19.5. The van der Waals surface area contributed by atoms with E-state index in [1.54, 1.807) is 14.2 Å². The smallest absolute Gasteiger partial charge is 0.191 e. The van der Waals surface area contributed by atoms with E-state index < -0.39 is 0 Å². The van der Waals surface area contributed by atoms with E-state index in [-0.39, 0.29) is 0 Å². The molecule has 0 aliphatic carbocycles. The summed E-state index contributed by atoms with van der Waals surface area (Å²) in [7, 11) is 3.47. The number of guanidine groups is 1. The predicted octanol–water partition coefficient (Wildman–Crippen LogP) is 3.40. The van der Waals surface area contributed by atoms with Crippen LogP contribution in [0.2, 0.25) is 0 Å². The molecule has 0 fully saturated rings. The Morgan fingerprint density at radius 2 is 1.56 bits per heavy atom. The molecule has 0 saturated carbocycles. The average molecular weight is 369 g/mol. The van der Waals surface area contributed by atoms with Gasteiger partial charge in [-0.05, 0) is 41.9 Å². The minimum atomic E-state index is 0.694. The fourth-order valence-corrected chi connectivity index (χ4v) is 2.84. The lowest BCUT2D eigenvalue weighted by Crippen LogP contribution is -2.36. The molecule has 0 heterocycles. The normalized spacial score (nSPS) is 11.5. The van der Waals surface area contributed by atoms with Crippen LogP contribution in [0.25, 0.3) is 0 Å². The SMILES string of the molecule is CCN(CC)Cc1ccc(CNC(=NC)NCc2cccc(OC)c2)cc1. The number of methoxy groups -OCH3 is 1. The van der Waals surface area contributed by atoms with E-state index in [4.69, 9.17) is 4.74 Å². The van der Waals surface area contributed by atoms with Gasteiger partial charge in [-0.3, -0.25) is 9.89 Å². The maximum Gasteiger partial charge on any atom is 0.191 e. The van der Waals surface area contributed by atoms with Crippen molar-refractivity contribution in [3.63, 3.8) is 0 Å². The minimum absolute atomic E-state index is 0.694. The van der Waals surface area contributed by atoms with Crippen molar-refractivity contribution in [3.05, 3.63) is 65.2 Å². The van der Waals surface area contributed by atoms with Crippen molar-refractivity contribution >= 4 is 5.96 Å². The number of benzene rings is 2. The molecule has 5 heteroatoms. The Labute approximate surface area is 163 Å². The monoisotopic (exact) mass is 368 g/mol. The first-order valence-electron chi connectivity index (χ1n) is 9.56. The molecule has 0 saturated heterocycles. The summed E-state index contributed by atoms with van der Waals surface area (Å²) in [4.78, 5) is 6.71. The number of aliphatic imine (C=N–C) groups is 1. The molecule has 2 aromatic rings. The molecule has 0 aliphatic rings. The molecule has 2 rings (SSSR count). The van der Waals surface area contributed by atoms with Gasteiger partial charge in [-0.15, -0.1) is 0 Å². The third-order valence-corrected chi connectivity index (χ3v) is 4.60. The topological polar surface area (TPSA) is 48.9 Å². The Hall–Kier alpha value is -2.53. The van der Waals surface area contributed by atoms with Crippen molar-refractivity contribution in [2.24, 2.45) is 4.99 Å². The van der Waals surface area contributed by atoms with Crippen LogP contribution in [0.5, 0.6) is 5.75 Å². The maximum atomic E-state index is 5.26. The molecule has 0 bridgehead atoms. The second-order valence-corrected chi connectivity index (χ2v) is 6.41. The predicted molar refractivity (Wildman–Crippen MR) is 113 cm³/mol. The summed E-state index contributed by atoms with van der Waals surface area (Å²) in [6.45, 7) is 9.00. The van der Waals surface area contributed by atoms with Crippen LogP contribution in [-0.2, 0) is 19.6 Å². The Bertz CT molecular complexity index is 709. The van der Waals surface area contributed by atoms with Crippen LogP contribution < -0.4 is 15.4 Å². The summed E-state index contributed by atoms with van der Waals surface area (Å²) in [6.07, 6.45) is 0. The quantitative estimate of drug-likeness (QED) is 0.526. The van der Waals surface area contributed by atoms with Gasteiger partial charge in [0, 0.05) is 26.7 Å².